The third kappa shape index (κ3) is 2.84. The number of carbonyl (C=O) groups is 1. The van der Waals surface area contributed by atoms with Crippen LogP contribution in [0.4, 0.5) is 0 Å². The molecule has 0 saturated carbocycles. The van der Waals surface area contributed by atoms with E-state index in [4.69, 9.17) is 9.47 Å². The summed E-state index contributed by atoms with van der Waals surface area (Å²) >= 11 is 0. The van der Waals surface area contributed by atoms with Gasteiger partial charge in [-0.1, -0.05) is 0 Å². The van der Waals surface area contributed by atoms with E-state index in [-0.39, 0.29) is 5.56 Å². The van der Waals surface area contributed by atoms with E-state index in [0.29, 0.717) is 24.7 Å². The van der Waals surface area contributed by atoms with Gasteiger partial charge in [-0.15, -0.1) is 0 Å². The molecule has 1 aliphatic heterocycles. The molecule has 20 heavy (non-hydrogen) atoms. The Bertz CT molecular complexity index is 477. The minimum Gasteiger partial charge on any atom is -0.486 e. The van der Waals surface area contributed by atoms with Gasteiger partial charge in [0.05, 0.1) is 19.8 Å². The van der Waals surface area contributed by atoms with Crippen molar-refractivity contribution < 1.29 is 29.6 Å². The van der Waals surface area contributed by atoms with Crippen molar-refractivity contribution in [2.24, 2.45) is 0 Å². The molecule has 110 valence electrons. The summed E-state index contributed by atoms with van der Waals surface area (Å²) in [5, 5.41) is 30.0. The Kier molecular flexibility index (Phi) is 4.43. The van der Waals surface area contributed by atoms with E-state index >= 15 is 0 Å². The molecule has 0 atom stereocenters. The van der Waals surface area contributed by atoms with Crippen LogP contribution in [0.5, 0.6) is 11.5 Å². The smallest absolute Gasteiger partial charge is 0.252 e. The summed E-state index contributed by atoms with van der Waals surface area (Å²) < 4.78 is 10.7. The lowest BCUT2D eigenvalue weighted by Crippen LogP contribution is -2.57. The quantitative estimate of drug-likeness (QED) is 0.546. The SMILES string of the molecule is O=C(NC(CO)(CO)CO)c1ccc2c(c1)OCCO2. The van der Waals surface area contributed by atoms with Crippen LogP contribution < -0.4 is 14.8 Å². The van der Waals surface area contributed by atoms with E-state index in [1.807, 2.05) is 0 Å². The molecule has 1 heterocycles. The molecule has 0 fully saturated rings. The molecular formula is C13H17NO6. The average molecular weight is 283 g/mol. The lowest BCUT2D eigenvalue weighted by molar-refractivity contribution is 0.0375. The van der Waals surface area contributed by atoms with Crippen LogP contribution >= 0.6 is 0 Å². The maximum absolute atomic E-state index is 12.1. The van der Waals surface area contributed by atoms with Crippen molar-refractivity contribution in [3.63, 3.8) is 0 Å². The average Bonchev–Trinajstić information content (AvgIpc) is 2.52. The fourth-order valence-electron chi connectivity index (χ4n) is 1.77. The number of aliphatic hydroxyl groups is 3. The zero-order chi connectivity index (χ0) is 14.6. The summed E-state index contributed by atoms with van der Waals surface area (Å²) in [7, 11) is 0. The number of amides is 1. The van der Waals surface area contributed by atoms with E-state index in [9.17, 15) is 20.1 Å². The number of aliphatic hydroxyl groups excluding tert-OH is 3. The van der Waals surface area contributed by atoms with Gasteiger partial charge in [-0.3, -0.25) is 4.79 Å². The summed E-state index contributed by atoms with van der Waals surface area (Å²) in [6.45, 7) is -0.851. The molecular weight excluding hydrogens is 266 g/mol. The molecule has 0 radical (unpaired) electrons. The number of hydrogen-bond acceptors (Lipinski definition) is 6. The van der Waals surface area contributed by atoms with Crippen LogP contribution in [0.15, 0.2) is 18.2 Å². The third-order valence-electron chi connectivity index (χ3n) is 3.09. The van der Waals surface area contributed by atoms with Crippen molar-refractivity contribution in [2.45, 2.75) is 5.54 Å². The zero-order valence-corrected chi connectivity index (χ0v) is 10.8. The number of benzene rings is 1. The second kappa shape index (κ2) is 6.08. The Labute approximate surface area is 115 Å². The second-order valence-electron chi connectivity index (χ2n) is 4.57. The fourth-order valence-corrected chi connectivity index (χ4v) is 1.77. The van der Waals surface area contributed by atoms with E-state index in [1.165, 1.54) is 6.07 Å². The molecule has 2 rings (SSSR count). The topological polar surface area (TPSA) is 108 Å². The molecule has 7 nitrogen and oxygen atoms in total. The Hall–Kier alpha value is -1.83. The van der Waals surface area contributed by atoms with Crippen LogP contribution in [0.3, 0.4) is 0 Å². The zero-order valence-electron chi connectivity index (χ0n) is 10.8. The van der Waals surface area contributed by atoms with E-state index < -0.39 is 31.3 Å². The van der Waals surface area contributed by atoms with Crippen LogP contribution in [0.1, 0.15) is 10.4 Å². The highest BCUT2D eigenvalue weighted by Gasteiger charge is 2.30. The number of rotatable bonds is 5. The molecule has 1 aromatic rings. The first-order valence-electron chi connectivity index (χ1n) is 6.19. The van der Waals surface area contributed by atoms with Crippen molar-refractivity contribution in [2.75, 3.05) is 33.0 Å². The van der Waals surface area contributed by atoms with Crippen LogP contribution in [0.25, 0.3) is 0 Å². The summed E-state index contributed by atoms with van der Waals surface area (Å²) in [4.78, 5) is 12.1. The molecule has 1 amide bonds. The van der Waals surface area contributed by atoms with Crippen LogP contribution in [-0.2, 0) is 0 Å². The van der Waals surface area contributed by atoms with Crippen molar-refractivity contribution in [1.29, 1.82) is 0 Å². The standard InChI is InChI=1S/C13H17NO6/c15-6-13(7-16,8-17)14-12(18)9-1-2-10-11(5-9)20-4-3-19-10/h1-2,5,15-17H,3-4,6-8H2,(H,14,18). The Morgan fingerprint density at radius 1 is 1.10 bits per heavy atom. The second-order valence-corrected chi connectivity index (χ2v) is 4.57. The summed E-state index contributed by atoms with van der Waals surface area (Å²) in [6, 6.07) is 4.67. The first-order valence-corrected chi connectivity index (χ1v) is 6.19. The van der Waals surface area contributed by atoms with Crippen LogP contribution in [0.2, 0.25) is 0 Å². The van der Waals surface area contributed by atoms with Gasteiger partial charge in [0.25, 0.3) is 5.91 Å². The monoisotopic (exact) mass is 283 g/mol. The molecule has 1 aliphatic rings. The molecule has 0 bridgehead atoms. The number of ether oxygens (including phenoxy) is 2. The van der Waals surface area contributed by atoms with Crippen LogP contribution in [-0.4, -0.2) is 59.8 Å². The lowest BCUT2D eigenvalue weighted by atomic mass is 10.0. The molecule has 0 aliphatic carbocycles. The van der Waals surface area contributed by atoms with Crippen LogP contribution in [0, 0.1) is 0 Å². The highest BCUT2D eigenvalue weighted by Crippen LogP contribution is 2.30. The van der Waals surface area contributed by atoms with Gasteiger partial charge in [-0.2, -0.15) is 0 Å². The first kappa shape index (κ1) is 14.6. The van der Waals surface area contributed by atoms with Crippen molar-refractivity contribution in [3.8, 4) is 11.5 Å². The highest BCUT2D eigenvalue weighted by molar-refractivity contribution is 5.95. The molecule has 0 unspecified atom stereocenters. The first-order chi connectivity index (χ1) is 9.64. The highest BCUT2D eigenvalue weighted by atomic mass is 16.6. The normalized spacial score (nSPS) is 13.9. The largest absolute Gasteiger partial charge is 0.486 e. The number of hydrogen-bond donors (Lipinski definition) is 4. The lowest BCUT2D eigenvalue weighted by Gasteiger charge is -2.28. The summed E-state index contributed by atoms with van der Waals surface area (Å²) in [5.74, 6) is 0.496. The van der Waals surface area contributed by atoms with Gasteiger partial charge < -0.3 is 30.1 Å². The van der Waals surface area contributed by atoms with E-state index in [1.54, 1.807) is 12.1 Å². The Morgan fingerprint density at radius 2 is 1.70 bits per heavy atom. The van der Waals surface area contributed by atoms with Gasteiger partial charge in [0.1, 0.15) is 18.8 Å². The minimum atomic E-state index is -1.45. The van der Waals surface area contributed by atoms with E-state index in [2.05, 4.69) is 5.32 Å². The molecule has 0 spiro atoms. The van der Waals surface area contributed by atoms with Gasteiger partial charge in [0, 0.05) is 5.56 Å². The van der Waals surface area contributed by atoms with Gasteiger partial charge in [0.15, 0.2) is 11.5 Å². The number of fused-ring (bicyclic) bond motifs is 1. The van der Waals surface area contributed by atoms with E-state index in [0.717, 1.165) is 0 Å². The maximum atomic E-state index is 12.1. The summed E-state index contributed by atoms with van der Waals surface area (Å²) in [5.41, 5.74) is -1.17. The van der Waals surface area contributed by atoms with Gasteiger partial charge in [-0.05, 0) is 18.2 Å². The van der Waals surface area contributed by atoms with Gasteiger partial charge >= 0.3 is 0 Å². The summed E-state index contributed by atoms with van der Waals surface area (Å²) in [6.07, 6.45) is 0. The minimum absolute atomic E-state index is 0.286. The fraction of sp³-hybridized carbons (Fsp3) is 0.462. The Morgan fingerprint density at radius 3 is 2.30 bits per heavy atom. The van der Waals surface area contributed by atoms with Gasteiger partial charge in [-0.25, -0.2) is 0 Å². The molecule has 0 saturated heterocycles. The predicted octanol–water partition coefficient (Wildman–Crippen LogP) is -1.10. The van der Waals surface area contributed by atoms with Gasteiger partial charge in [0.2, 0.25) is 0 Å². The van der Waals surface area contributed by atoms with Crippen molar-refractivity contribution >= 4 is 5.91 Å². The molecule has 4 N–H and O–H groups in total. The molecule has 1 aromatic carbocycles. The van der Waals surface area contributed by atoms with Crippen molar-refractivity contribution in [1.82, 2.24) is 5.32 Å². The molecule has 7 heteroatoms. The van der Waals surface area contributed by atoms with Crippen molar-refractivity contribution in [3.05, 3.63) is 23.8 Å². The Balaban J connectivity index is 2.17. The predicted molar refractivity (Wildman–Crippen MR) is 68.9 cm³/mol. The number of carbonyl (C=O) groups excluding carboxylic acids is 1. The number of nitrogens with one attached hydrogen (secondary N) is 1. The third-order valence-corrected chi connectivity index (χ3v) is 3.09. The maximum Gasteiger partial charge on any atom is 0.252 e. The molecule has 0 aromatic heterocycles.